The number of aromatic nitrogens is 1. The van der Waals surface area contributed by atoms with Crippen LogP contribution in [0, 0.1) is 0 Å². The van der Waals surface area contributed by atoms with Gasteiger partial charge < -0.3 is 14.5 Å². The lowest BCUT2D eigenvalue weighted by Crippen LogP contribution is -2.07. The first-order valence-electron chi connectivity index (χ1n) is 10.0. The van der Waals surface area contributed by atoms with Gasteiger partial charge in [0.2, 0.25) is 5.78 Å². The lowest BCUT2D eigenvalue weighted by Gasteiger charge is -2.05. The molecule has 5 heteroatoms. The Labute approximate surface area is 185 Å². The van der Waals surface area contributed by atoms with E-state index in [4.69, 9.17) is 4.74 Å². The van der Waals surface area contributed by atoms with Crippen molar-refractivity contribution in [3.05, 3.63) is 90.3 Å². The summed E-state index contributed by atoms with van der Waals surface area (Å²) in [5.74, 6) is -0.523. The van der Waals surface area contributed by atoms with Gasteiger partial charge >= 0.3 is 0 Å². The molecule has 0 saturated carbocycles. The van der Waals surface area contributed by atoms with Crippen molar-refractivity contribution in [2.24, 2.45) is 0 Å². The van der Waals surface area contributed by atoms with E-state index in [0.717, 1.165) is 27.9 Å². The van der Waals surface area contributed by atoms with Crippen LogP contribution in [0.25, 0.3) is 11.1 Å². The van der Waals surface area contributed by atoms with Crippen LogP contribution >= 0.6 is 0 Å². The fraction of sp³-hybridized carbons (Fsp3) is 0.231. The van der Waals surface area contributed by atoms with Crippen LogP contribution in [0.5, 0.6) is 0 Å². The summed E-state index contributed by atoms with van der Waals surface area (Å²) in [7, 11) is 3.53. The smallest absolute Gasteiger partial charge is 0.242 e. The van der Waals surface area contributed by atoms with Crippen molar-refractivity contribution in [2.75, 3.05) is 19.5 Å². The number of benzene rings is 1. The molecule has 0 aliphatic heterocycles. The molecule has 2 heterocycles. The van der Waals surface area contributed by atoms with Crippen molar-refractivity contribution < 1.29 is 14.3 Å². The Balaban J connectivity index is 0.000000361. The van der Waals surface area contributed by atoms with Crippen LogP contribution in [-0.2, 0) is 16.1 Å². The van der Waals surface area contributed by atoms with Gasteiger partial charge in [0.15, 0.2) is 6.29 Å². The molecule has 0 fully saturated rings. The highest BCUT2D eigenvalue weighted by Gasteiger charge is 2.23. The summed E-state index contributed by atoms with van der Waals surface area (Å²) in [6.07, 6.45) is 5.82. The molecule has 0 aliphatic rings. The summed E-state index contributed by atoms with van der Waals surface area (Å²) in [5.41, 5.74) is 5.11. The van der Waals surface area contributed by atoms with Gasteiger partial charge in [0, 0.05) is 37.2 Å². The highest BCUT2D eigenvalue weighted by Crippen LogP contribution is 2.30. The van der Waals surface area contributed by atoms with E-state index in [2.05, 4.69) is 11.9 Å². The topological polar surface area (TPSA) is 59.8 Å². The fourth-order valence-corrected chi connectivity index (χ4v) is 3.04. The molecule has 0 atom stereocenters. The highest BCUT2D eigenvalue weighted by atomic mass is 16.5. The largest absolute Gasteiger partial charge is 0.388 e. The van der Waals surface area contributed by atoms with Crippen molar-refractivity contribution in [3.8, 4) is 0 Å². The molecule has 0 unspecified atom stereocenters. The summed E-state index contributed by atoms with van der Waals surface area (Å²) < 4.78 is 7.02. The molecule has 1 N–H and O–H groups in total. The average molecular weight is 421 g/mol. The maximum absolute atomic E-state index is 12.0. The monoisotopic (exact) mass is 420 g/mol. The number of allylic oxidation sites excluding steroid dienone is 3. The second-order valence-electron chi connectivity index (χ2n) is 6.57. The van der Waals surface area contributed by atoms with Crippen LogP contribution in [0.15, 0.2) is 73.5 Å². The maximum Gasteiger partial charge on any atom is 0.242 e. The van der Waals surface area contributed by atoms with Crippen molar-refractivity contribution in [1.82, 2.24) is 4.40 Å². The third-order valence-corrected chi connectivity index (χ3v) is 4.47. The van der Waals surface area contributed by atoms with Crippen molar-refractivity contribution >= 4 is 28.8 Å². The molecule has 0 bridgehead atoms. The summed E-state index contributed by atoms with van der Waals surface area (Å²) in [5, 5.41) is 3.03. The summed E-state index contributed by atoms with van der Waals surface area (Å²) in [6, 6.07) is 15.7. The number of nitrogens with zero attached hydrogens (tertiary/aromatic N) is 1. The number of ketones is 1. The molecule has 31 heavy (non-hydrogen) atoms. The van der Waals surface area contributed by atoms with E-state index in [0.29, 0.717) is 18.6 Å². The molecule has 5 nitrogen and oxygen atoms in total. The predicted molar refractivity (Wildman–Crippen MR) is 130 cm³/mol. The fourth-order valence-electron chi connectivity index (χ4n) is 3.04. The van der Waals surface area contributed by atoms with E-state index in [1.54, 1.807) is 23.8 Å². The number of fused-ring (bicyclic) bond motifs is 1. The molecule has 3 aromatic rings. The average Bonchev–Trinajstić information content (AvgIpc) is 3.14. The van der Waals surface area contributed by atoms with Crippen molar-refractivity contribution in [2.45, 2.75) is 27.4 Å². The van der Waals surface area contributed by atoms with Crippen LogP contribution in [0.2, 0.25) is 0 Å². The molecule has 0 saturated heterocycles. The predicted octanol–water partition coefficient (Wildman–Crippen LogP) is 5.81. The minimum Gasteiger partial charge on any atom is -0.388 e. The number of rotatable bonds is 6. The van der Waals surface area contributed by atoms with E-state index < -0.39 is 5.78 Å². The molecular formula is C26H32N2O3. The normalized spacial score (nSPS) is 10.3. The maximum atomic E-state index is 12.0. The number of methoxy groups -OCH3 is 1. The third kappa shape index (κ3) is 6.79. The highest BCUT2D eigenvalue weighted by molar-refractivity contribution is 6.34. The van der Waals surface area contributed by atoms with Gasteiger partial charge in [-0.1, -0.05) is 36.4 Å². The van der Waals surface area contributed by atoms with Gasteiger partial charge in [-0.25, -0.2) is 0 Å². The van der Waals surface area contributed by atoms with E-state index in [9.17, 15) is 9.59 Å². The van der Waals surface area contributed by atoms with Crippen molar-refractivity contribution in [1.29, 1.82) is 0 Å². The molecule has 0 aliphatic carbocycles. The first-order valence-corrected chi connectivity index (χ1v) is 10.0. The number of para-hydroxylation sites is 1. The number of ether oxygens (including phenoxy) is 1. The number of nitrogens with one attached hydrogen (secondary N) is 1. The molecule has 0 amide bonds. The molecule has 164 valence electrons. The van der Waals surface area contributed by atoms with Crippen molar-refractivity contribution in [3.63, 3.8) is 0 Å². The number of carbonyl (C=O) groups is 2. The van der Waals surface area contributed by atoms with E-state index >= 15 is 0 Å². The van der Waals surface area contributed by atoms with Crippen LogP contribution < -0.4 is 5.32 Å². The number of Topliss-reactive ketones (excluding diaryl/α,β-unsaturated/α-hetero) is 1. The Morgan fingerprint density at radius 3 is 2.23 bits per heavy atom. The Morgan fingerprint density at radius 1 is 1.13 bits per heavy atom. The minimum atomic E-state index is -0.523. The SMILES string of the molecule is C/C=C(\C)c1c(COC)c2ccccn2c1C(=O)C=O.C=CC.CNc1ccccc1. The van der Waals surface area contributed by atoms with Crippen LogP contribution in [-0.4, -0.2) is 30.6 Å². The number of hydrogen-bond donors (Lipinski definition) is 1. The van der Waals surface area contributed by atoms with Crippen LogP contribution in [0.3, 0.4) is 0 Å². The first-order chi connectivity index (χ1) is 15.0. The van der Waals surface area contributed by atoms with Gasteiger partial charge in [-0.3, -0.25) is 9.59 Å². The van der Waals surface area contributed by atoms with Crippen LogP contribution in [0.1, 0.15) is 42.4 Å². The van der Waals surface area contributed by atoms with Crippen LogP contribution in [0.4, 0.5) is 5.69 Å². The minimum absolute atomic E-state index is 0.359. The standard InChI is InChI=1S/C16H17NO3.C7H9N.C3H6/c1-4-11(2)15-12(10-20-3)13-7-5-6-8-17(13)16(15)14(19)9-18;1-8-7-5-3-2-4-6-7;1-3-2/h4-9H,10H2,1-3H3;2-6,8H,1H3;3H,1H2,2H3/b11-4+;;. The molecule has 0 spiro atoms. The Kier molecular flexibility index (Phi) is 11.3. The van der Waals surface area contributed by atoms with Gasteiger partial charge in [0.05, 0.1) is 12.1 Å². The summed E-state index contributed by atoms with van der Waals surface area (Å²) in [4.78, 5) is 23.0. The first kappa shape index (κ1) is 25.6. The second-order valence-corrected chi connectivity index (χ2v) is 6.57. The third-order valence-electron chi connectivity index (χ3n) is 4.47. The molecule has 3 rings (SSSR count). The van der Waals surface area contributed by atoms with Gasteiger partial charge in [-0.05, 0) is 50.6 Å². The molecule has 0 radical (unpaired) electrons. The van der Waals surface area contributed by atoms with E-state index in [1.807, 2.05) is 82.4 Å². The molecule has 1 aromatic carbocycles. The number of aldehydes is 1. The van der Waals surface area contributed by atoms with Gasteiger partial charge in [0.1, 0.15) is 5.69 Å². The zero-order chi connectivity index (χ0) is 23.2. The second kappa shape index (κ2) is 13.7. The van der Waals surface area contributed by atoms with Gasteiger partial charge in [-0.15, -0.1) is 6.58 Å². The summed E-state index contributed by atoms with van der Waals surface area (Å²) >= 11 is 0. The van der Waals surface area contributed by atoms with E-state index in [-0.39, 0.29) is 0 Å². The quantitative estimate of drug-likeness (QED) is 0.237. The molecule has 2 aromatic heterocycles. The lowest BCUT2D eigenvalue weighted by molar-refractivity contribution is -0.104. The number of carbonyl (C=O) groups excluding carboxylic acids is 2. The zero-order valence-corrected chi connectivity index (χ0v) is 19.0. The Bertz CT molecular complexity index is 1020. The lowest BCUT2D eigenvalue weighted by atomic mass is 10.0. The Morgan fingerprint density at radius 2 is 1.74 bits per heavy atom. The van der Waals surface area contributed by atoms with Gasteiger partial charge in [0.25, 0.3) is 0 Å². The number of pyridine rings is 1. The zero-order valence-electron chi connectivity index (χ0n) is 19.0. The van der Waals surface area contributed by atoms with E-state index in [1.165, 1.54) is 0 Å². The molecular weight excluding hydrogens is 388 g/mol. The Hall–Kier alpha value is -3.44. The number of hydrogen-bond acceptors (Lipinski definition) is 4. The number of anilines is 1. The van der Waals surface area contributed by atoms with Gasteiger partial charge in [-0.2, -0.15) is 0 Å². The summed E-state index contributed by atoms with van der Waals surface area (Å²) in [6.45, 7) is 9.47.